The van der Waals surface area contributed by atoms with Crippen LogP contribution >= 0.6 is 0 Å². The zero-order valence-corrected chi connectivity index (χ0v) is 12.1. The average Bonchev–Trinajstić information content (AvgIpc) is 3.09. The van der Waals surface area contributed by atoms with Crippen LogP contribution in [0.15, 0.2) is 18.2 Å². The van der Waals surface area contributed by atoms with Crippen LogP contribution in [0.5, 0.6) is 0 Å². The third kappa shape index (κ3) is 2.67. The Morgan fingerprint density at radius 1 is 1.25 bits per heavy atom. The molecule has 1 aromatic rings. The second-order valence-electron chi connectivity index (χ2n) is 6.01. The lowest BCUT2D eigenvalue weighted by Gasteiger charge is -2.26. The molecule has 110 valence electrons. The third-order valence-electron chi connectivity index (χ3n) is 4.60. The molecule has 4 heteroatoms. The number of aliphatic hydroxyl groups excluding tert-OH is 1. The number of hydrogen-bond acceptors (Lipinski definition) is 3. The van der Waals surface area contributed by atoms with Crippen molar-refractivity contribution in [3.63, 3.8) is 0 Å². The fourth-order valence-electron chi connectivity index (χ4n) is 3.51. The average molecular weight is 278 g/mol. The number of benzene rings is 1. The molecule has 0 aliphatic carbocycles. The van der Waals surface area contributed by atoms with Gasteiger partial charge in [0.1, 0.15) is 5.82 Å². The van der Waals surface area contributed by atoms with Crippen LogP contribution in [0.1, 0.15) is 37.9 Å². The van der Waals surface area contributed by atoms with Crippen molar-refractivity contribution < 1.29 is 9.50 Å². The number of hydrogen-bond donors (Lipinski definition) is 1. The number of halogens is 1. The van der Waals surface area contributed by atoms with Crippen molar-refractivity contribution in [3.8, 4) is 0 Å². The highest BCUT2D eigenvalue weighted by molar-refractivity contribution is 5.55. The first-order valence-corrected chi connectivity index (χ1v) is 7.61. The summed E-state index contributed by atoms with van der Waals surface area (Å²) in [5.74, 6) is -0.278. The lowest BCUT2D eigenvalue weighted by Crippen LogP contribution is -2.35. The van der Waals surface area contributed by atoms with Crippen LogP contribution in [0.2, 0.25) is 0 Å². The van der Waals surface area contributed by atoms with Crippen LogP contribution < -0.4 is 4.90 Å². The zero-order valence-electron chi connectivity index (χ0n) is 12.1. The highest BCUT2D eigenvalue weighted by atomic mass is 19.1. The molecule has 1 aromatic carbocycles. The Balaban J connectivity index is 1.77. The van der Waals surface area contributed by atoms with Crippen molar-refractivity contribution >= 4 is 5.69 Å². The van der Waals surface area contributed by atoms with Gasteiger partial charge in [-0.15, -0.1) is 0 Å². The molecule has 0 aromatic heterocycles. The molecule has 2 aliphatic rings. The van der Waals surface area contributed by atoms with Gasteiger partial charge in [-0.1, -0.05) is 0 Å². The zero-order chi connectivity index (χ0) is 14.1. The molecule has 2 atom stereocenters. The minimum Gasteiger partial charge on any atom is -0.389 e. The fourth-order valence-corrected chi connectivity index (χ4v) is 3.51. The van der Waals surface area contributed by atoms with E-state index in [4.69, 9.17) is 0 Å². The summed E-state index contributed by atoms with van der Waals surface area (Å²) < 4.78 is 13.4. The SMILES string of the molecule is CC(O)c1cc(F)ccc1N1CCC(N2CCCC2)C1. The maximum Gasteiger partial charge on any atom is 0.123 e. The number of anilines is 1. The van der Waals surface area contributed by atoms with E-state index in [0.717, 1.165) is 25.2 Å². The van der Waals surface area contributed by atoms with Crippen LogP contribution in [-0.2, 0) is 0 Å². The number of rotatable bonds is 3. The van der Waals surface area contributed by atoms with Gasteiger partial charge in [-0.3, -0.25) is 4.90 Å². The highest BCUT2D eigenvalue weighted by Crippen LogP contribution is 2.31. The van der Waals surface area contributed by atoms with E-state index >= 15 is 0 Å². The summed E-state index contributed by atoms with van der Waals surface area (Å²) in [5.41, 5.74) is 1.69. The van der Waals surface area contributed by atoms with Crippen LogP contribution in [0.25, 0.3) is 0 Å². The molecule has 0 spiro atoms. The Bertz CT molecular complexity index is 472. The van der Waals surface area contributed by atoms with Crippen molar-refractivity contribution in [2.75, 3.05) is 31.1 Å². The van der Waals surface area contributed by atoms with Gasteiger partial charge in [0, 0.05) is 30.4 Å². The third-order valence-corrected chi connectivity index (χ3v) is 4.60. The standard InChI is InChI=1S/C16H23FN2O/c1-12(20)15-10-13(17)4-5-16(15)19-9-6-14(11-19)18-7-2-3-8-18/h4-5,10,12,14,20H,2-3,6-9,11H2,1H3. The maximum absolute atomic E-state index is 13.4. The van der Waals surface area contributed by atoms with Crippen molar-refractivity contribution in [1.29, 1.82) is 0 Å². The lowest BCUT2D eigenvalue weighted by molar-refractivity contribution is 0.199. The second kappa shape index (κ2) is 5.70. The summed E-state index contributed by atoms with van der Waals surface area (Å²) in [4.78, 5) is 4.87. The van der Waals surface area contributed by atoms with E-state index in [1.165, 1.54) is 38.1 Å². The fraction of sp³-hybridized carbons (Fsp3) is 0.625. The monoisotopic (exact) mass is 278 g/mol. The highest BCUT2D eigenvalue weighted by Gasteiger charge is 2.30. The maximum atomic E-state index is 13.4. The summed E-state index contributed by atoms with van der Waals surface area (Å²) in [7, 11) is 0. The van der Waals surface area contributed by atoms with Crippen LogP contribution in [-0.4, -0.2) is 42.2 Å². The van der Waals surface area contributed by atoms with Crippen molar-refractivity contribution in [2.45, 2.75) is 38.3 Å². The van der Waals surface area contributed by atoms with Gasteiger partial charge in [0.15, 0.2) is 0 Å². The number of aliphatic hydroxyl groups is 1. The summed E-state index contributed by atoms with van der Waals surface area (Å²) in [6.07, 6.45) is 3.15. The first-order valence-electron chi connectivity index (χ1n) is 7.61. The van der Waals surface area contributed by atoms with E-state index in [1.807, 2.05) is 6.07 Å². The van der Waals surface area contributed by atoms with Gasteiger partial charge in [-0.05, 0) is 57.5 Å². The van der Waals surface area contributed by atoms with E-state index in [2.05, 4.69) is 9.80 Å². The van der Waals surface area contributed by atoms with Gasteiger partial charge < -0.3 is 10.0 Å². The topological polar surface area (TPSA) is 26.7 Å². The summed E-state index contributed by atoms with van der Waals surface area (Å²) in [6, 6.07) is 5.38. The summed E-state index contributed by atoms with van der Waals surface area (Å²) in [6.45, 7) is 6.11. The molecule has 2 heterocycles. The van der Waals surface area contributed by atoms with Gasteiger partial charge >= 0.3 is 0 Å². The van der Waals surface area contributed by atoms with E-state index in [0.29, 0.717) is 11.6 Å². The van der Waals surface area contributed by atoms with Crippen molar-refractivity contribution in [1.82, 2.24) is 4.90 Å². The van der Waals surface area contributed by atoms with Crippen LogP contribution in [0.3, 0.4) is 0 Å². The molecule has 2 saturated heterocycles. The predicted octanol–water partition coefficient (Wildman–Crippen LogP) is 2.55. The molecule has 3 rings (SSSR count). The Hall–Kier alpha value is -1.13. The molecule has 0 amide bonds. The molecular formula is C16H23FN2O. The van der Waals surface area contributed by atoms with Gasteiger partial charge in [0.05, 0.1) is 6.10 Å². The van der Waals surface area contributed by atoms with Gasteiger partial charge in [-0.2, -0.15) is 0 Å². The minimum atomic E-state index is -0.633. The van der Waals surface area contributed by atoms with Crippen molar-refractivity contribution in [3.05, 3.63) is 29.6 Å². The van der Waals surface area contributed by atoms with Gasteiger partial charge in [0.2, 0.25) is 0 Å². The molecular weight excluding hydrogens is 255 g/mol. The predicted molar refractivity (Wildman–Crippen MR) is 78.5 cm³/mol. The molecule has 2 unspecified atom stereocenters. The Morgan fingerprint density at radius 3 is 2.70 bits per heavy atom. The molecule has 2 fully saturated rings. The van der Waals surface area contributed by atoms with Gasteiger partial charge in [0.25, 0.3) is 0 Å². The van der Waals surface area contributed by atoms with Crippen LogP contribution in [0, 0.1) is 5.82 Å². The first kappa shape index (κ1) is 13.8. The Morgan fingerprint density at radius 2 is 2.00 bits per heavy atom. The molecule has 0 radical (unpaired) electrons. The molecule has 3 nitrogen and oxygen atoms in total. The van der Waals surface area contributed by atoms with Crippen molar-refractivity contribution in [2.24, 2.45) is 0 Å². The summed E-state index contributed by atoms with van der Waals surface area (Å²) >= 11 is 0. The minimum absolute atomic E-state index is 0.278. The van der Waals surface area contributed by atoms with E-state index in [9.17, 15) is 9.50 Å². The normalized spacial score (nSPS) is 25.4. The lowest BCUT2D eigenvalue weighted by atomic mass is 10.1. The second-order valence-corrected chi connectivity index (χ2v) is 6.01. The smallest absolute Gasteiger partial charge is 0.123 e. The molecule has 0 bridgehead atoms. The molecule has 2 aliphatic heterocycles. The number of nitrogens with zero attached hydrogens (tertiary/aromatic N) is 2. The number of likely N-dealkylation sites (tertiary alicyclic amines) is 1. The quantitative estimate of drug-likeness (QED) is 0.920. The molecule has 0 saturated carbocycles. The van der Waals surface area contributed by atoms with E-state index in [1.54, 1.807) is 6.92 Å². The largest absolute Gasteiger partial charge is 0.389 e. The first-order chi connectivity index (χ1) is 9.65. The van der Waals surface area contributed by atoms with Gasteiger partial charge in [-0.25, -0.2) is 4.39 Å². The molecule has 20 heavy (non-hydrogen) atoms. The van der Waals surface area contributed by atoms with E-state index < -0.39 is 6.10 Å². The van der Waals surface area contributed by atoms with Crippen LogP contribution in [0.4, 0.5) is 10.1 Å². The Kier molecular flexibility index (Phi) is 3.94. The summed E-state index contributed by atoms with van der Waals surface area (Å²) in [5, 5.41) is 9.86. The Labute approximate surface area is 120 Å². The van der Waals surface area contributed by atoms with E-state index in [-0.39, 0.29) is 5.82 Å². The molecule has 1 N–H and O–H groups in total.